The molecule has 110 valence electrons. The fourth-order valence-electron chi connectivity index (χ4n) is 2.12. The van der Waals surface area contributed by atoms with Crippen molar-refractivity contribution in [1.29, 1.82) is 0 Å². The maximum absolute atomic E-state index is 12.5. The first kappa shape index (κ1) is 15.3. The molecular formula is C16H18ClN3O. The van der Waals surface area contributed by atoms with Gasteiger partial charge in [-0.1, -0.05) is 41.4 Å². The van der Waals surface area contributed by atoms with Crippen molar-refractivity contribution in [2.24, 2.45) is 0 Å². The summed E-state index contributed by atoms with van der Waals surface area (Å²) in [5, 5.41) is 3.19. The van der Waals surface area contributed by atoms with E-state index in [0.717, 1.165) is 5.56 Å². The van der Waals surface area contributed by atoms with Crippen LogP contribution in [-0.2, 0) is 6.54 Å². The highest BCUT2D eigenvalue weighted by molar-refractivity contribution is 6.29. The lowest BCUT2D eigenvalue weighted by molar-refractivity contribution is 0.0785. The monoisotopic (exact) mass is 303 g/mol. The van der Waals surface area contributed by atoms with E-state index in [-0.39, 0.29) is 5.91 Å². The van der Waals surface area contributed by atoms with E-state index in [9.17, 15) is 4.79 Å². The highest BCUT2D eigenvalue weighted by Gasteiger charge is 2.14. The van der Waals surface area contributed by atoms with Crippen molar-refractivity contribution >= 4 is 23.3 Å². The molecule has 0 bridgehead atoms. The summed E-state index contributed by atoms with van der Waals surface area (Å²) in [4.78, 5) is 18.2. The standard InChI is InChI=1S/C16H18ClN3O/c1-11-5-4-6-12(7-11)10-20(3)16(21)13-8-14(17)19-15(9-13)18-2/h4-9H,10H2,1-3H3,(H,18,19). The van der Waals surface area contributed by atoms with E-state index in [2.05, 4.69) is 16.4 Å². The summed E-state index contributed by atoms with van der Waals surface area (Å²) in [5.41, 5.74) is 2.80. The van der Waals surface area contributed by atoms with Crippen LogP contribution in [0.15, 0.2) is 36.4 Å². The molecule has 1 aromatic heterocycles. The molecule has 21 heavy (non-hydrogen) atoms. The number of hydrogen-bond acceptors (Lipinski definition) is 3. The van der Waals surface area contributed by atoms with E-state index in [1.807, 2.05) is 25.1 Å². The van der Waals surface area contributed by atoms with Crippen molar-refractivity contribution in [1.82, 2.24) is 9.88 Å². The van der Waals surface area contributed by atoms with E-state index >= 15 is 0 Å². The van der Waals surface area contributed by atoms with Crippen LogP contribution >= 0.6 is 11.6 Å². The van der Waals surface area contributed by atoms with E-state index in [0.29, 0.717) is 23.1 Å². The number of anilines is 1. The minimum absolute atomic E-state index is 0.0858. The second-order valence-electron chi connectivity index (χ2n) is 4.96. The van der Waals surface area contributed by atoms with Gasteiger partial charge in [0, 0.05) is 26.2 Å². The normalized spacial score (nSPS) is 10.3. The number of rotatable bonds is 4. The van der Waals surface area contributed by atoms with E-state index < -0.39 is 0 Å². The predicted molar refractivity (Wildman–Crippen MR) is 85.8 cm³/mol. The average Bonchev–Trinajstić information content (AvgIpc) is 2.45. The average molecular weight is 304 g/mol. The second-order valence-corrected chi connectivity index (χ2v) is 5.35. The summed E-state index contributed by atoms with van der Waals surface area (Å²) in [6.07, 6.45) is 0. The van der Waals surface area contributed by atoms with Gasteiger partial charge in [-0.15, -0.1) is 0 Å². The molecule has 5 heteroatoms. The van der Waals surface area contributed by atoms with Crippen LogP contribution in [0.25, 0.3) is 0 Å². The van der Waals surface area contributed by atoms with Crippen LogP contribution in [0.4, 0.5) is 5.82 Å². The third kappa shape index (κ3) is 3.95. The topological polar surface area (TPSA) is 45.2 Å². The molecule has 1 aromatic carbocycles. The number of carbonyl (C=O) groups is 1. The molecule has 0 saturated carbocycles. The SMILES string of the molecule is CNc1cc(C(=O)N(C)Cc2cccc(C)c2)cc(Cl)n1. The molecule has 0 aliphatic rings. The highest BCUT2D eigenvalue weighted by atomic mass is 35.5. The maximum atomic E-state index is 12.5. The lowest BCUT2D eigenvalue weighted by Crippen LogP contribution is -2.26. The zero-order valence-electron chi connectivity index (χ0n) is 12.4. The predicted octanol–water partition coefficient (Wildman–Crippen LogP) is 3.36. The van der Waals surface area contributed by atoms with Crippen LogP contribution < -0.4 is 5.32 Å². The van der Waals surface area contributed by atoms with Gasteiger partial charge in [0.15, 0.2) is 0 Å². The Bertz CT molecular complexity index is 658. The summed E-state index contributed by atoms with van der Waals surface area (Å²) in [6, 6.07) is 11.4. The fraction of sp³-hybridized carbons (Fsp3) is 0.250. The third-order valence-corrected chi connectivity index (χ3v) is 3.34. The number of benzene rings is 1. The van der Waals surface area contributed by atoms with E-state index in [1.165, 1.54) is 5.56 Å². The Morgan fingerprint density at radius 1 is 1.33 bits per heavy atom. The van der Waals surface area contributed by atoms with Gasteiger partial charge in [0.2, 0.25) is 0 Å². The molecule has 0 aliphatic heterocycles. The van der Waals surface area contributed by atoms with Crippen molar-refractivity contribution < 1.29 is 4.79 Å². The molecule has 0 saturated heterocycles. The summed E-state index contributed by atoms with van der Waals surface area (Å²) in [7, 11) is 3.52. The Hall–Kier alpha value is -2.07. The number of amides is 1. The molecule has 0 unspecified atom stereocenters. The van der Waals surface area contributed by atoms with E-state index in [1.54, 1.807) is 31.1 Å². The second kappa shape index (κ2) is 6.59. The first-order valence-electron chi connectivity index (χ1n) is 6.66. The Kier molecular flexibility index (Phi) is 4.81. The summed E-state index contributed by atoms with van der Waals surface area (Å²) in [6.45, 7) is 2.59. The Labute approximate surface area is 129 Å². The maximum Gasteiger partial charge on any atom is 0.254 e. The first-order valence-corrected chi connectivity index (χ1v) is 7.03. The molecule has 0 aliphatic carbocycles. The van der Waals surface area contributed by atoms with Crippen LogP contribution in [-0.4, -0.2) is 29.9 Å². The van der Waals surface area contributed by atoms with E-state index in [4.69, 9.17) is 11.6 Å². The van der Waals surface area contributed by atoms with Crippen LogP contribution in [0.2, 0.25) is 5.15 Å². The van der Waals surface area contributed by atoms with Crippen LogP contribution in [0.5, 0.6) is 0 Å². The molecule has 1 heterocycles. The molecule has 0 spiro atoms. The van der Waals surface area contributed by atoms with Gasteiger partial charge in [-0.3, -0.25) is 4.79 Å². The Morgan fingerprint density at radius 3 is 2.76 bits per heavy atom. The summed E-state index contributed by atoms with van der Waals surface area (Å²) < 4.78 is 0. The number of aromatic nitrogens is 1. The summed E-state index contributed by atoms with van der Waals surface area (Å²) >= 11 is 5.94. The number of hydrogen-bond donors (Lipinski definition) is 1. The summed E-state index contributed by atoms with van der Waals surface area (Å²) in [5.74, 6) is 0.493. The fourth-order valence-corrected chi connectivity index (χ4v) is 2.33. The van der Waals surface area contributed by atoms with Gasteiger partial charge in [0.05, 0.1) is 0 Å². The molecule has 0 radical (unpaired) electrons. The Balaban J connectivity index is 2.17. The Morgan fingerprint density at radius 2 is 2.10 bits per heavy atom. The smallest absolute Gasteiger partial charge is 0.254 e. The number of carbonyl (C=O) groups excluding carboxylic acids is 1. The zero-order valence-corrected chi connectivity index (χ0v) is 13.1. The van der Waals surface area contributed by atoms with Crippen LogP contribution in [0.1, 0.15) is 21.5 Å². The van der Waals surface area contributed by atoms with Gasteiger partial charge < -0.3 is 10.2 Å². The largest absolute Gasteiger partial charge is 0.373 e. The van der Waals surface area contributed by atoms with Gasteiger partial charge in [-0.05, 0) is 24.6 Å². The van der Waals surface area contributed by atoms with Crippen LogP contribution in [0.3, 0.4) is 0 Å². The minimum Gasteiger partial charge on any atom is -0.373 e. The zero-order chi connectivity index (χ0) is 15.4. The number of nitrogens with zero attached hydrogens (tertiary/aromatic N) is 2. The minimum atomic E-state index is -0.0858. The molecule has 0 atom stereocenters. The molecule has 2 aromatic rings. The van der Waals surface area contributed by atoms with Gasteiger partial charge in [0.25, 0.3) is 5.91 Å². The third-order valence-electron chi connectivity index (χ3n) is 3.15. The lowest BCUT2D eigenvalue weighted by atomic mass is 10.1. The van der Waals surface area contributed by atoms with Crippen LogP contribution in [0, 0.1) is 6.92 Å². The highest BCUT2D eigenvalue weighted by Crippen LogP contribution is 2.16. The molecule has 1 amide bonds. The van der Waals surface area contributed by atoms with Gasteiger partial charge in [0.1, 0.15) is 11.0 Å². The number of pyridine rings is 1. The molecule has 4 nitrogen and oxygen atoms in total. The van der Waals surface area contributed by atoms with Gasteiger partial charge in [-0.25, -0.2) is 4.98 Å². The van der Waals surface area contributed by atoms with Crippen molar-refractivity contribution in [2.45, 2.75) is 13.5 Å². The molecule has 1 N–H and O–H groups in total. The van der Waals surface area contributed by atoms with Gasteiger partial charge >= 0.3 is 0 Å². The van der Waals surface area contributed by atoms with Crippen molar-refractivity contribution in [3.8, 4) is 0 Å². The first-order chi connectivity index (χ1) is 9.99. The van der Waals surface area contributed by atoms with Gasteiger partial charge in [-0.2, -0.15) is 0 Å². The number of nitrogens with one attached hydrogen (secondary N) is 1. The van der Waals surface area contributed by atoms with Crippen molar-refractivity contribution in [3.63, 3.8) is 0 Å². The number of aryl methyl sites for hydroxylation is 1. The molecular weight excluding hydrogens is 286 g/mol. The number of halogens is 1. The van der Waals surface area contributed by atoms with Crippen molar-refractivity contribution in [2.75, 3.05) is 19.4 Å². The lowest BCUT2D eigenvalue weighted by Gasteiger charge is -2.18. The van der Waals surface area contributed by atoms with Crippen molar-refractivity contribution in [3.05, 3.63) is 58.2 Å². The quantitative estimate of drug-likeness (QED) is 0.881. The molecule has 0 fully saturated rings. The molecule has 2 rings (SSSR count).